The minimum atomic E-state index is 0.102. The highest BCUT2D eigenvalue weighted by atomic mass is 16.1. The Morgan fingerprint density at radius 3 is 2.80 bits per heavy atom. The Kier molecular flexibility index (Phi) is 4.43. The van der Waals surface area contributed by atoms with Crippen molar-refractivity contribution in [2.75, 3.05) is 6.54 Å². The minimum Gasteiger partial charge on any atom is -0.324 e. The first-order valence-electron chi connectivity index (χ1n) is 5.29. The van der Waals surface area contributed by atoms with Gasteiger partial charge < -0.3 is 5.73 Å². The molecule has 3 heteroatoms. The molecule has 0 saturated carbocycles. The molecule has 0 radical (unpaired) electrons. The SMILES string of the molecule is CC(C)c1cncc(CCC(=O)CN)c1. The van der Waals surface area contributed by atoms with E-state index in [1.165, 1.54) is 5.56 Å². The van der Waals surface area contributed by atoms with Gasteiger partial charge in [0.1, 0.15) is 5.78 Å². The van der Waals surface area contributed by atoms with Crippen LogP contribution in [0.3, 0.4) is 0 Å². The molecule has 0 amide bonds. The summed E-state index contributed by atoms with van der Waals surface area (Å²) in [5.74, 6) is 0.576. The van der Waals surface area contributed by atoms with Crippen molar-refractivity contribution in [3.8, 4) is 0 Å². The summed E-state index contributed by atoms with van der Waals surface area (Å²) in [6, 6.07) is 2.11. The van der Waals surface area contributed by atoms with Gasteiger partial charge in [-0.3, -0.25) is 9.78 Å². The molecule has 3 nitrogen and oxygen atoms in total. The van der Waals surface area contributed by atoms with E-state index in [-0.39, 0.29) is 12.3 Å². The third kappa shape index (κ3) is 3.80. The molecule has 0 aromatic carbocycles. The summed E-state index contributed by atoms with van der Waals surface area (Å²) < 4.78 is 0. The molecule has 0 aliphatic carbocycles. The number of nitrogens with two attached hydrogens (primary N) is 1. The van der Waals surface area contributed by atoms with Gasteiger partial charge in [-0.25, -0.2) is 0 Å². The van der Waals surface area contributed by atoms with Crippen molar-refractivity contribution < 1.29 is 4.79 Å². The van der Waals surface area contributed by atoms with Crippen LogP contribution in [0.25, 0.3) is 0 Å². The van der Waals surface area contributed by atoms with Gasteiger partial charge in [-0.1, -0.05) is 19.9 Å². The van der Waals surface area contributed by atoms with Crippen molar-refractivity contribution in [1.82, 2.24) is 4.98 Å². The second kappa shape index (κ2) is 5.61. The molecule has 0 aliphatic rings. The van der Waals surface area contributed by atoms with E-state index in [2.05, 4.69) is 24.9 Å². The topological polar surface area (TPSA) is 56.0 Å². The van der Waals surface area contributed by atoms with Crippen LogP contribution in [0.15, 0.2) is 18.5 Å². The average Bonchev–Trinajstić information content (AvgIpc) is 2.26. The number of carbonyl (C=O) groups is 1. The molecule has 15 heavy (non-hydrogen) atoms. The molecule has 0 fully saturated rings. The maximum Gasteiger partial charge on any atom is 0.146 e. The minimum absolute atomic E-state index is 0.102. The zero-order valence-corrected chi connectivity index (χ0v) is 9.36. The number of aromatic nitrogens is 1. The summed E-state index contributed by atoms with van der Waals surface area (Å²) in [5, 5.41) is 0. The number of nitrogens with zero attached hydrogens (tertiary/aromatic N) is 1. The highest BCUT2D eigenvalue weighted by molar-refractivity contribution is 5.80. The molecule has 1 heterocycles. The van der Waals surface area contributed by atoms with Crippen molar-refractivity contribution >= 4 is 5.78 Å². The monoisotopic (exact) mass is 206 g/mol. The van der Waals surface area contributed by atoms with Gasteiger partial charge in [0, 0.05) is 18.8 Å². The van der Waals surface area contributed by atoms with E-state index in [1.54, 1.807) is 0 Å². The first kappa shape index (κ1) is 11.9. The molecule has 1 rings (SSSR count). The molecule has 0 bridgehead atoms. The molecule has 1 aromatic rings. The van der Waals surface area contributed by atoms with Gasteiger partial charge in [-0.15, -0.1) is 0 Å². The van der Waals surface area contributed by atoms with Crippen LogP contribution in [0, 0.1) is 0 Å². The average molecular weight is 206 g/mol. The number of hydrogen-bond acceptors (Lipinski definition) is 3. The van der Waals surface area contributed by atoms with Crippen molar-refractivity contribution in [2.45, 2.75) is 32.6 Å². The Bertz CT molecular complexity index is 334. The highest BCUT2D eigenvalue weighted by Gasteiger charge is 2.03. The number of hydrogen-bond donors (Lipinski definition) is 1. The van der Waals surface area contributed by atoms with Crippen LogP contribution in [-0.4, -0.2) is 17.3 Å². The van der Waals surface area contributed by atoms with Crippen LogP contribution < -0.4 is 5.73 Å². The predicted molar refractivity (Wildman–Crippen MR) is 60.7 cm³/mol. The van der Waals surface area contributed by atoms with Crippen LogP contribution in [0.4, 0.5) is 0 Å². The summed E-state index contributed by atoms with van der Waals surface area (Å²) in [6.45, 7) is 4.40. The maximum atomic E-state index is 11.1. The fourth-order valence-electron chi connectivity index (χ4n) is 1.35. The Morgan fingerprint density at radius 2 is 2.20 bits per heavy atom. The maximum absolute atomic E-state index is 11.1. The quantitative estimate of drug-likeness (QED) is 0.797. The highest BCUT2D eigenvalue weighted by Crippen LogP contribution is 2.14. The number of rotatable bonds is 5. The molecule has 0 unspecified atom stereocenters. The molecular formula is C12H18N2O. The van der Waals surface area contributed by atoms with Crippen LogP contribution in [0.1, 0.15) is 37.3 Å². The third-order valence-corrected chi connectivity index (χ3v) is 2.40. The lowest BCUT2D eigenvalue weighted by Gasteiger charge is -2.06. The lowest BCUT2D eigenvalue weighted by Crippen LogP contribution is -2.13. The van der Waals surface area contributed by atoms with Gasteiger partial charge in [0.05, 0.1) is 6.54 Å². The molecule has 0 saturated heterocycles. The first-order chi connectivity index (χ1) is 7.13. The zero-order chi connectivity index (χ0) is 11.3. The molecule has 82 valence electrons. The predicted octanol–water partition coefficient (Wildman–Crippen LogP) is 1.67. The molecule has 2 N–H and O–H groups in total. The van der Waals surface area contributed by atoms with Gasteiger partial charge >= 0.3 is 0 Å². The Morgan fingerprint density at radius 1 is 1.47 bits per heavy atom. The van der Waals surface area contributed by atoms with E-state index in [9.17, 15) is 4.79 Å². The molecule has 0 aliphatic heterocycles. The van der Waals surface area contributed by atoms with Gasteiger partial charge in [-0.05, 0) is 23.5 Å². The van der Waals surface area contributed by atoms with Gasteiger partial charge in [0.2, 0.25) is 0 Å². The molecule has 0 atom stereocenters. The summed E-state index contributed by atoms with van der Waals surface area (Å²) in [7, 11) is 0. The van der Waals surface area contributed by atoms with Gasteiger partial charge in [0.15, 0.2) is 0 Å². The summed E-state index contributed by atoms with van der Waals surface area (Å²) in [4.78, 5) is 15.2. The van der Waals surface area contributed by atoms with E-state index in [0.717, 1.165) is 12.0 Å². The lowest BCUT2D eigenvalue weighted by molar-refractivity contribution is -0.117. The van der Waals surface area contributed by atoms with E-state index in [4.69, 9.17) is 5.73 Å². The third-order valence-electron chi connectivity index (χ3n) is 2.40. The van der Waals surface area contributed by atoms with Crippen molar-refractivity contribution in [1.29, 1.82) is 0 Å². The van der Waals surface area contributed by atoms with Crippen molar-refractivity contribution in [3.05, 3.63) is 29.6 Å². The molecule has 0 spiro atoms. The van der Waals surface area contributed by atoms with Gasteiger partial charge in [0.25, 0.3) is 0 Å². The van der Waals surface area contributed by atoms with Gasteiger partial charge in [-0.2, -0.15) is 0 Å². The fourth-order valence-corrected chi connectivity index (χ4v) is 1.35. The molecular weight excluding hydrogens is 188 g/mol. The number of pyridine rings is 1. The van der Waals surface area contributed by atoms with E-state index in [1.807, 2.05) is 12.4 Å². The van der Waals surface area contributed by atoms with Crippen molar-refractivity contribution in [3.63, 3.8) is 0 Å². The smallest absolute Gasteiger partial charge is 0.146 e. The summed E-state index contributed by atoms with van der Waals surface area (Å²) in [6.07, 6.45) is 4.94. The van der Waals surface area contributed by atoms with Crippen LogP contribution in [-0.2, 0) is 11.2 Å². The number of Topliss-reactive ketones (excluding diaryl/α,β-unsaturated/α-hetero) is 1. The Hall–Kier alpha value is -1.22. The van der Waals surface area contributed by atoms with Crippen LogP contribution in [0.5, 0.6) is 0 Å². The summed E-state index contributed by atoms with van der Waals surface area (Å²) in [5.41, 5.74) is 7.58. The normalized spacial score (nSPS) is 10.7. The number of aryl methyl sites for hydroxylation is 1. The Balaban J connectivity index is 2.61. The molecule has 1 aromatic heterocycles. The summed E-state index contributed by atoms with van der Waals surface area (Å²) >= 11 is 0. The van der Waals surface area contributed by atoms with Crippen LogP contribution in [0.2, 0.25) is 0 Å². The number of ketones is 1. The Labute approximate surface area is 90.7 Å². The van der Waals surface area contributed by atoms with E-state index < -0.39 is 0 Å². The number of carbonyl (C=O) groups excluding carboxylic acids is 1. The van der Waals surface area contributed by atoms with Crippen molar-refractivity contribution in [2.24, 2.45) is 5.73 Å². The fraction of sp³-hybridized carbons (Fsp3) is 0.500. The van der Waals surface area contributed by atoms with Crippen LogP contribution >= 0.6 is 0 Å². The first-order valence-corrected chi connectivity index (χ1v) is 5.29. The second-order valence-electron chi connectivity index (χ2n) is 4.02. The zero-order valence-electron chi connectivity index (χ0n) is 9.36. The van der Waals surface area contributed by atoms with E-state index >= 15 is 0 Å². The largest absolute Gasteiger partial charge is 0.324 e. The van der Waals surface area contributed by atoms with E-state index in [0.29, 0.717) is 12.3 Å². The lowest BCUT2D eigenvalue weighted by atomic mass is 10.0. The standard InChI is InChI=1S/C12H18N2O/c1-9(2)11-5-10(7-14-8-11)3-4-12(15)6-13/h5,7-9H,3-4,6,13H2,1-2H3. The second-order valence-corrected chi connectivity index (χ2v) is 4.02.